The molecule has 1 unspecified atom stereocenters. The van der Waals surface area contributed by atoms with E-state index in [9.17, 15) is 31.9 Å². The van der Waals surface area contributed by atoms with Gasteiger partial charge in [0.2, 0.25) is 11.9 Å². The number of ether oxygens (including phenoxy) is 1. The molecule has 0 saturated carbocycles. The molecule has 0 radical (unpaired) electrons. The van der Waals surface area contributed by atoms with E-state index in [1.807, 2.05) is 13.8 Å². The molecule has 3 amide bonds. The molecule has 48 heavy (non-hydrogen) atoms. The standard InChI is InChI=1S/C33H31ClF4N6O4/c1-17(2)28(43-32(47)48-3)31(46)44-12-4-5-26(44)29-40-16-25(41-29)19-8-6-18(7-9-19)21-13-23(34)24(14-22(21)33(36,37)38)42-30(45)20-10-11-27(35)39-15-20/h6-11,13-17,26,28H,4-5,12H2,1-3H3,(H,40,41)(H,42,45)(H,43,47)/t26?,28-/m0/s1. The fraction of sp³-hybridized carbons (Fsp3) is 0.303. The number of carbonyl (C=O) groups excluding carboxylic acids is 3. The normalized spacial score (nSPS) is 15.4. The van der Waals surface area contributed by atoms with Crippen LogP contribution in [0.1, 0.15) is 54.5 Å². The average molecular weight is 687 g/mol. The van der Waals surface area contributed by atoms with Crippen molar-refractivity contribution in [3.8, 4) is 22.4 Å². The van der Waals surface area contributed by atoms with E-state index < -0.39 is 35.7 Å². The van der Waals surface area contributed by atoms with Crippen LogP contribution >= 0.6 is 11.6 Å². The number of benzene rings is 2. The minimum atomic E-state index is -4.79. The van der Waals surface area contributed by atoms with Gasteiger partial charge in [-0.1, -0.05) is 49.7 Å². The summed E-state index contributed by atoms with van der Waals surface area (Å²) in [4.78, 5) is 50.6. The third-order valence-corrected chi connectivity index (χ3v) is 8.31. The molecule has 0 spiro atoms. The number of nitrogens with zero attached hydrogens (tertiary/aromatic N) is 3. The number of nitrogens with one attached hydrogen (secondary N) is 3. The number of imidazole rings is 1. The highest BCUT2D eigenvalue weighted by Crippen LogP contribution is 2.42. The summed E-state index contributed by atoms with van der Waals surface area (Å²) in [7, 11) is 1.23. The Labute approximate surface area is 277 Å². The Hall–Kier alpha value is -4.98. The molecule has 4 aromatic rings. The lowest BCUT2D eigenvalue weighted by Crippen LogP contribution is -2.51. The number of alkyl halides is 3. The van der Waals surface area contributed by atoms with Crippen molar-refractivity contribution in [1.82, 2.24) is 25.2 Å². The molecule has 1 aliphatic heterocycles. The number of anilines is 1. The molecule has 252 valence electrons. The minimum absolute atomic E-state index is 0.0646. The molecule has 15 heteroatoms. The molecule has 1 saturated heterocycles. The number of hydrogen-bond donors (Lipinski definition) is 3. The first kappa shape index (κ1) is 34.4. The van der Waals surface area contributed by atoms with Crippen LogP contribution in [-0.4, -0.2) is 57.5 Å². The van der Waals surface area contributed by atoms with Gasteiger partial charge in [-0.15, -0.1) is 0 Å². The quantitative estimate of drug-likeness (QED) is 0.132. The van der Waals surface area contributed by atoms with Crippen LogP contribution in [0.2, 0.25) is 5.02 Å². The van der Waals surface area contributed by atoms with Crippen molar-refractivity contribution in [2.45, 2.75) is 44.9 Å². The molecule has 0 aliphatic carbocycles. The molecule has 2 aromatic heterocycles. The smallest absolute Gasteiger partial charge is 0.417 e. The summed E-state index contributed by atoms with van der Waals surface area (Å²) >= 11 is 6.33. The van der Waals surface area contributed by atoms with Gasteiger partial charge < -0.3 is 25.3 Å². The SMILES string of the molecule is COC(=O)N[C@H](C(=O)N1CCCC1c1ncc(-c2ccc(-c3cc(Cl)c(NC(=O)c4ccc(F)nc4)cc3C(F)(F)F)cc2)[nH]1)C(C)C. The van der Waals surface area contributed by atoms with Crippen LogP contribution in [0.4, 0.5) is 28.0 Å². The second kappa shape index (κ2) is 14.0. The first-order valence-electron chi connectivity index (χ1n) is 14.9. The zero-order valence-corrected chi connectivity index (χ0v) is 26.7. The second-order valence-corrected chi connectivity index (χ2v) is 11.9. The van der Waals surface area contributed by atoms with Crippen molar-refractivity contribution < 1.29 is 36.7 Å². The Morgan fingerprint density at radius 3 is 2.38 bits per heavy atom. The predicted molar refractivity (Wildman–Crippen MR) is 169 cm³/mol. The lowest BCUT2D eigenvalue weighted by Gasteiger charge is -2.30. The number of hydrogen-bond acceptors (Lipinski definition) is 6. The number of halogens is 5. The molecule has 2 atom stereocenters. The average Bonchev–Trinajstić information content (AvgIpc) is 3.74. The number of H-pyrrole nitrogens is 1. The molecule has 3 heterocycles. The molecule has 0 bridgehead atoms. The summed E-state index contributed by atoms with van der Waals surface area (Å²) < 4.78 is 60.5. The fourth-order valence-electron chi connectivity index (χ4n) is 5.52. The topological polar surface area (TPSA) is 129 Å². The second-order valence-electron chi connectivity index (χ2n) is 11.5. The number of rotatable bonds is 8. The highest BCUT2D eigenvalue weighted by Gasteiger charge is 2.38. The van der Waals surface area contributed by atoms with Crippen LogP contribution < -0.4 is 10.6 Å². The third-order valence-electron chi connectivity index (χ3n) is 8.00. The zero-order valence-electron chi connectivity index (χ0n) is 26.0. The number of pyridine rings is 1. The number of alkyl carbamates (subject to hydrolysis) is 1. The lowest BCUT2D eigenvalue weighted by atomic mass is 9.97. The first-order chi connectivity index (χ1) is 22.8. The van der Waals surface area contributed by atoms with Crippen LogP contribution in [0, 0.1) is 11.9 Å². The van der Waals surface area contributed by atoms with Crippen molar-refractivity contribution in [2.75, 3.05) is 19.0 Å². The van der Waals surface area contributed by atoms with E-state index in [2.05, 4.69) is 30.3 Å². The zero-order chi connectivity index (χ0) is 34.7. The Morgan fingerprint density at radius 1 is 1.04 bits per heavy atom. The summed E-state index contributed by atoms with van der Waals surface area (Å²) in [6.45, 7) is 4.13. The highest BCUT2D eigenvalue weighted by atomic mass is 35.5. The number of aromatic nitrogens is 3. The van der Waals surface area contributed by atoms with Crippen molar-refractivity contribution >= 4 is 35.2 Å². The van der Waals surface area contributed by atoms with Gasteiger partial charge in [0.1, 0.15) is 11.9 Å². The van der Waals surface area contributed by atoms with Crippen molar-refractivity contribution in [2.24, 2.45) is 5.92 Å². The Kier molecular flexibility index (Phi) is 10.0. The van der Waals surface area contributed by atoms with E-state index in [0.29, 0.717) is 30.0 Å². The van der Waals surface area contributed by atoms with Gasteiger partial charge in [-0.25, -0.2) is 14.8 Å². The van der Waals surface area contributed by atoms with Gasteiger partial charge in [-0.3, -0.25) is 9.59 Å². The Morgan fingerprint density at radius 2 is 1.75 bits per heavy atom. The van der Waals surface area contributed by atoms with Gasteiger partial charge >= 0.3 is 12.3 Å². The third kappa shape index (κ3) is 7.43. The fourth-order valence-corrected chi connectivity index (χ4v) is 5.73. The number of amides is 3. The lowest BCUT2D eigenvalue weighted by molar-refractivity contribution is -0.137. The van der Waals surface area contributed by atoms with Gasteiger partial charge in [0.15, 0.2) is 0 Å². The summed E-state index contributed by atoms with van der Waals surface area (Å²) in [5.41, 5.74) is -0.119. The van der Waals surface area contributed by atoms with Crippen LogP contribution in [-0.2, 0) is 15.7 Å². The first-order valence-corrected chi connectivity index (χ1v) is 15.3. The summed E-state index contributed by atoms with van der Waals surface area (Å²) in [5, 5.41) is 4.80. The molecule has 1 fully saturated rings. The number of likely N-dealkylation sites (tertiary alicyclic amines) is 1. The van der Waals surface area contributed by atoms with E-state index in [1.165, 1.54) is 19.2 Å². The van der Waals surface area contributed by atoms with Crippen molar-refractivity contribution in [3.63, 3.8) is 0 Å². The van der Waals surface area contributed by atoms with Gasteiger partial charge in [0.25, 0.3) is 5.91 Å². The summed E-state index contributed by atoms with van der Waals surface area (Å²) in [5.74, 6) is -1.52. The van der Waals surface area contributed by atoms with Crippen LogP contribution in [0.15, 0.2) is 60.9 Å². The molecule has 5 rings (SSSR count). The van der Waals surface area contributed by atoms with Gasteiger partial charge in [0.05, 0.1) is 46.9 Å². The van der Waals surface area contributed by atoms with E-state index in [1.54, 1.807) is 23.2 Å². The maximum atomic E-state index is 14.2. The van der Waals surface area contributed by atoms with E-state index >= 15 is 0 Å². The maximum absolute atomic E-state index is 14.2. The van der Waals surface area contributed by atoms with Crippen LogP contribution in [0.25, 0.3) is 22.4 Å². The molecular weight excluding hydrogens is 656 g/mol. The van der Waals surface area contributed by atoms with E-state index in [0.717, 1.165) is 36.9 Å². The number of aromatic amines is 1. The van der Waals surface area contributed by atoms with Crippen LogP contribution in [0.5, 0.6) is 0 Å². The summed E-state index contributed by atoms with van der Waals surface area (Å²) in [6.07, 6.45) is -1.56. The number of carbonyl (C=O) groups is 3. The van der Waals surface area contributed by atoms with Gasteiger partial charge in [-0.05, 0) is 59.7 Å². The summed E-state index contributed by atoms with van der Waals surface area (Å²) in [6, 6.07) is 9.10. The molecule has 3 N–H and O–H groups in total. The maximum Gasteiger partial charge on any atom is 0.417 e. The molecule has 10 nitrogen and oxygen atoms in total. The predicted octanol–water partition coefficient (Wildman–Crippen LogP) is 7.25. The van der Waals surface area contributed by atoms with E-state index in [4.69, 9.17) is 11.6 Å². The monoisotopic (exact) mass is 686 g/mol. The largest absolute Gasteiger partial charge is 0.453 e. The molecule has 2 aromatic carbocycles. The van der Waals surface area contributed by atoms with Crippen LogP contribution in [0.3, 0.4) is 0 Å². The van der Waals surface area contributed by atoms with Crippen molar-refractivity contribution in [3.05, 3.63) is 88.8 Å². The Bertz CT molecular complexity index is 1810. The highest BCUT2D eigenvalue weighted by molar-refractivity contribution is 6.34. The Balaban J connectivity index is 1.37. The van der Waals surface area contributed by atoms with E-state index in [-0.39, 0.29) is 45.3 Å². The molecule has 1 aliphatic rings. The van der Waals surface area contributed by atoms with Crippen molar-refractivity contribution in [1.29, 1.82) is 0 Å². The molecular formula is C33H31ClF4N6O4. The number of methoxy groups -OCH3 is 1. The van der Waals surface area contributed by atoms with Gasteiger partial charge in [-0.2, -0.15) is 17.6 Å². The minimum Gasteiger partial charge on any atom is -0.453 e. The van der Waals surface area contributed by atoms with Gasteiger partial charge in [0, 0.05) is 12.7 Å².